The van der Waals surface area contributed by atoms with Crippen LogP contribution in [0.5, 0.6) is 0 Å². The fraction of sp³-hybridized carbons (Fsp3) is 0.720. The summed E-state index contributed by atoms with van der Waals surface area (Å²) in [7, 11) is -4.34. The summed E-state index contributed by atoms with van der Waals surface area (Å²) in [5, 5.41) is 15.3. The molecule has 3 saturated carbocycles. The van der Waals surface area contributed by atoms with Crippen LogP contribution in [-0.2, 0) is 44.0 Å². The summed E-state index contributed by atoms with van der Waals surface area (Å²) in [6, 6.07) is -1.64. The number of primary amides is 1. The van der Waals surface area contributed by atoms with Gasteiger partial charge in [-0.3, -0.25) is 19.2 Å². The zero-order chi connectivity index (χ0) is 54.2. The number of nitrogens with two attached hydrogens (primary N) is 1. The van der Waals surface area contributed by atoms with Crippen LogP contribution in [0.4, 0.5) is 4.79 Å². The molecule has 18 nitrogen and oxygen atoms in total. The number of amides is 5. The lowest BCUT2D eigenvalue weighted by Crippen LogP contribution is -2.62. The van der Waals surface area contributed by atoms with Gasteiger partial charge in [-0.2, -0.15) is 31.3 Å². The van der Waals surface area contributed by atoms with E-state index in [1.54, 1.807) is 32.5 Å². The minimum atomic E-state index is -3.79. The Kier molecular flexibility index (Phi) is 17.7. The summed E-state index contributed by atoms with van der Waals surface area (Å²) in [5.74, 6) is -2.65. The third-order valence-corrected chi connectivity index (χ3v) is 21.6. The lowest BCUT2D eigenvalue weighted by atomic mass is 9.73. The molecule has 1 saturated heterocycles. The van der Waals surface area contributed by atoms with Gasteiger partial charge in [0.25, 0.3) is 5.91 Å². The number of aliphatic imine (C=N–C) groups is 1. The molecule has 402 valence electrons. The lowest BCUT2D eigenvalue weighted by Gasteiger charge is -2.38. The SMILES string of the molecule is CN(C[C@@H](N=C=O)C(C)(C)C)S(=O)(=O)c1ccsc1.CN(C[C@@H](NC(=O)N[C@H](C(=O)N1CC2(C[C@H]1C(=O)NC(CC1CCC1)C(=O)C(N)=O)C(C)(C)C21CCC1)C(C)(C)C)C(C)(C)C)S(=O)(=O)c1ccsc1. The Bertz CT molecular complexity index is 2570. The summed E-state index contributed by atoms with van der Waals surface area (Å²) in [6.45, 7) is 21.8. The van der Waals surface area contributed by atoms with Crippen LogP contribution in [-0.4, -0.2) is 130 Å². The van der Waals surface area contributed by atoms with Crippen LogP contribution in [0.3, 0.4) is 0 Å². The van der Waals surface area contributed by atoms with Gasteiger partial charge in [-0.1, -0.05) is 102 Å². The van der Waals surface area contributed by atoms with Crippen molar-refractivity contribution >= 4 is 78.3 Å². The molecule has 3 heterocycles. The Morgan fingerprint density at radius 1 is 0.806 bits per heavy atom. The number of likely N-dealkylation sites (N-methyl/N-ethyl adjacent to an activating group) is 2. The molecule has 6 rings (SSSR count). The number of thiophene rings is 2. The Morgan fingerprint density at radius 3 is 1.74 bits per heavy atom. The molecule has 72 heavy (non-hydrogen) atoms. The van der Waals surface area contributed by atoms with Crippen LogP contribution in [0.1, 0.15) is 128 Å². The summed E-state index contributed by atoms with van der Waals surface area (Å²) < 4.78 is 53.4. The van der Waals surface area contributed by atoms with Gasteiger partial charge in [-0.15, -0.1) is 0 Å². The number of Topliss-reactive ketones (excluding diaryl/α,β-unsaturated/α-hetero) is 1. The lowest BCUT2D eigenvalue weighted by molar-refractivity contribution is -0.143. The van der Waals surface area contributed by atoms with Crippen molar-refractivity contribution in [3.05, 3.63) is 33.7 Å². The number of hydrogen-bond acceptors (Lipinski definition) is 13. The van der Waals surface area contributed by atoms with Gasteiger partial charge in [0.2, 0.25) is 43.7 Å². The van der Waals surface area contributed by atoms with Crippen LogP contribution in [0.25, 0.3) is 0 Å². The number of carbonyl (C=O) groups excluding carboxylic acids is 6. The first-order valence-corrected chi connectivity index (χ1v) is 29.4. The first-order chi connectivity index (χ1) is 33.1. The Labute approximate surface area is 435 Å². The van der Waals surface area contributed by atoms with Crippen molar-refractivity contribution in [3.63, 3.8) is 0 Å². The second kappa shape index (κ2) is 21.7. The number of nitrogens with zero attached hydrogens (tertiary/aromatic N) is 4. The van der Waals surface area contributed by atoms with Gasteiger partial charge in [0.15, 0.2) is 0 Å². The monoisotopic (exact) mass is 1080 g/mol. The molecule has 0 radical (unpaired) electrons. The molecular weight excluding hydrogens is 1000 g/mol. The van der Waals surface area contributed by atoms with Crippen molar-refractivity contribution in [2.75, 3.05) is 33.7 Å². The number of carbonyl (C=O) groups is 5. The predicted molar refractivity (Wildman–Crippen MR) is 278 cm³/mol. The summed E-state index contributed by atoms with van der Waals surface area (Å²) >= 11 is 2.61. The van der Waals surface area contributed by atoms with Crippen molar-refractivity contribution in [1.82, 2.24) is 29.5 Å². The average Bonchev–Trinajstić information content (AvgIpc) is 3.94. The highest BCUT2D eigenvalue weighted by molar-refractivity contribution is 7.89. The largest absolute Gasteiger partial charge is 0.363 e. The normalized spacial score (nSPS) is 22.3. The maximum atomic E-state index is 14.8. The van der Waals surface area contributed by atoms with E-state index in [1.807, 2.05) is 62.3 Å². The first-order valence-electron chi connectivity index (χ1n) is 24.6. The molecule has 3 aliphatic carbocycles. The maximum Gasteiger partial charge on any atom is 0.315 e. The van der Waals surface area contributed by atoms with E-state index in [2.05, 4.69) is 34.8 Å². The summed E-state index contributed by atoms with van der Waals surface area (Å²) in [5.41, 5.74) is 3.31. The molecule has 5 amide bonds. The van der Waals surface area contributed by atoms with Crippen LogP contribution in [0.15, 0.2) is 48.4 Å². The van der Waals surface area contributed by atoms with Gasteiger partial charge >= 0.3 is 6.03 Å². The van der Waals surface area contributed by atoms with Gasteiger partial charge < -0.3 is 26.6 Å². The van der Waals surface area contributed by atoms with E-state index in [9.17, 15) is 45.6 Å². The van der Waals surface area contributed by atoms with Gasteiger partial charge in [-0.25, -0.2) is 31.4 Å². The van der Waals surface area contributed by atoms with Crippen LogP contribution in [0.2, 0.25) is 0 Å². The molecule has 1 aliphatic heterocycles. The van der Waals surface area contributed by atoms with Crippen LogP contribution in [0, 0.1) is 38.4 Å². The number of sulfonamides is 2. The second-order valence-corrected chi connectivity index (χ2v) is 29.7. The smallest absolute Gasteiger partial charge is 0.315 e. The zero-order valence-electron chi connectivity index (χ0n) is 44.3. The highest BCUT2D eigenvalue weighted by Crippen LogP contribution is 2.88. The second-order valence-electron chi connectivity index (χ2n) is 24.1. The van der Waals surface area contributed by atoms with E-state index in [-0.39, 0.29) is 50.5 Å². The highest BCUT2D eigenvalue weighted by atomic mass is 32.2. The topological polar surface area (TPSA) is 255 Å². The number of ketones is 1. The summed E-state index contributed by atoms with van der Waals surface area (Å²) in [6.07, 6.45) is 8.19. The molecule has 2 spiro atoms. The van der Waals surface area contributed by atoms with Gasteiger partial charge in [0.05, 0.1) is 21.9 Å². The molecular formula is C50H78N8O10S4. The first kappa shape index (κ1) is 58.8. The van der Waals surface area contributed by atoms with Crippen molar-refractivity contribution < 1.29 is 45.6 Å². The summed E-state index contributed by atoms with van der Waals surface area (Å²) in [4.78, 5) is 84.2. The molecule has 0 aromatic carbocycles. The fourth-order valence-corrected chi connectivity index (χ4v) is 15.3. The van der Waals surface area contributed by atoms with Gasteiger partial charge in [0, 0.05) is 55.9 Å². The minimum absolute atomic E-state index is 0.000711. The molecule has 0 bridgehead atoms. The van der Waals surface area contributed by atoms with Crippen molar-refractivity contribution in [3.8, 4) is 0 Å². The zero-order valence-corrected chi connectivity index (χ0v) is 47.6. The van der Waals surface area contributed by atoms with Crippen molar-refractivity contribution in [2.45, 2.75) is 168 Å². The fourth-order valence-electron chi connectivity index (χ4n) is 10.9. The molecule has 6 atom stereocenters. The van der Waals surface area contributed by atoms with Crippen molar-refractivity contribution in [1.29, 1.82) is 0 Å². The molecule has 22 heteroatoms. The van der Waals surface area contributed by atoms with Gasteiger partial charge in [-0.05, 0) is 81.6 Å². The molecule has 4 fully saturated rings. The third kappa shape index (κ3) is 12.0. The standard InChI is InChI=1S/C38H60N6O7S2.C12H18N2O3S2/c1-34(2,3)27(20-43(9)53(50,51)24-14-17-52-21-24)41-33(49)42-29(35(4,5)6)32(48)44-22-38(36(7,8)37(38)15-11-16-37)19-26(44)31(47)40-25(28(45)30(39)46)18-23-12-10-13-23;1-12(2,3)11(13-9-15)7-14(4)19(16,17)10-5-6-18-8-10/h14,17,21,23,25-27,29H,10-13,15-16,18-20,22H2,1-9H3,(H2,39,46)(H,40,47)(H2,41,42,49);5-6,8,11H,7H2,1-4H3/t25?,26-,27+,29+,38?;11-/m01/s1. The molecule has 2 aromatic heterocycles. The highest BCUT2D eigenvalue weighted by Gasteiger charge is 2.85. The van der Waals surface area contributed by atoms with E-state index in [0.717, 1.165) is 38.5 Å². The average molecular weight is 1080 g/mol. The predicted octanol–water partition coefficient (Wildman–Crippen LogP) is 6.14. The third-order valence-electron chi connectivity index (χ3n) is 16.3. The number of urea groups is 1. The number of isocyanates is 1. The van der Waals surface area contributed by atoms with Crippen LogP contribution >= 0.6 is 22.7 Å². The molecule has 2 unspecified atom stereocenters. The van der Waals surface area contributed by atoms with E-state index in [0.29, 0.717) is 19.4 Å². The number of hydrogen-bond donors (Lipinski definition) is 4. The van der Waals surface area contributed by atoms with Crippen molar-refractivity contribution in [2.24, 2.45) is 49.1 Å². The van der Waals surface area contributed by atoms with E-state index in [4.69, 9.17) is 5.73 Å². The van der Waals surface area contributed by atoms with E-state index >= 15 is 0 Å². The number of likely N-dealkylation sites (tertiary alicyclic amines) is 1. The Morgan fingerprint density at radius 2 is 1.35 bits per heavy atom. The number of fused-ring (bicyclic) bond motifs is 1. The van der Waals surface area contributed by atoms with E-state index < -0.39 is 90.6 Å². The Hall–Kier alpha value is -4.05. The quantitative estimate of drug-likeness (QED) is 0.0753. The maximum absolute atomic E-state index is 14.8. The number of nitrogens with one attached hydrogen (secondary N) is 3. The molecule has 5 N–H and O–H groups in total. The van der Waals surface area contributed by atoms with Gasteiger partial charge in [0.1, 0.15) is 12.1 Å². The molecule has 4 aliphatic rings. The molecule has 2 aromatic rings. The number of rotatable bonds is 18. The van der Waals surface area contributed by atoms with Crippen LogP contribution < -0.4 is 21.7 Å². The van der Waals surface area contributed by atoms with E-state index in [1.165, 1.54) is 57.5 Å². The minimum Gasteiger partial charge on any atom is -0.363 e. The Balaban J connectivity index is 0.000000425.